The van der Waals surface area contributed by atoms with Crippen molar-refractivity contribution < 1.29 is 13.7 Å². The van der Waals surface area contributed by atoms with Gasteiger partial charge in [-0.25, -0.2) is 4.39 Å². The molecule has 1 aliphatic heterocycles. The summed E-state index contributed by atoms with van der Waals surface area (Å²) in [5.74, 6) is -0.0962. The Kier molecular flexibility index (Phi) is 5.60. The van der Waals surface area contributed by atoms with E-state index in [2.05, 4.69) is 10.1 Å². The van der Waals surface area contributed by atoms with Crippen molar-refractivity contribution in [3.05, 3.63) is 71.7 Å². The number of aryl methyl sites for hydroxylation is 2. The molecule has 5 nitrogen and oxygen atoms in total. The van der Waals surface area contributed by atoms with Crippen LogP contribution in [0.5, 0.6) is 0 Å². The van der Waals surface area contributed by atoms with Gasteiger partial charge in [0.05, 0.1) is 0 Å². The van der Waals surface area contributed by atoms with E-state index in [1.807, 2.05) is 36.1 Å². The van der Waals surface area contributed by atoms with Crippen molar-refractivity contribution in [2.45, 2.75) is 19.8 Å². The van der Waals surface area contributed by atoms with Gasteiger partial charge in [-0.15, -0.1) is 0 Å². The Morgan fingerprint density at radius 1 is 1.03 bits per heavy atom. The maximum Gasteiger partial charge on any atom is 0.223 e. The van der Waals surface area contributed by atoms with E-state index in [1.54, 1.807) is 18.4 Å². The van der Waals surface area contributed by atoms with Crippen molar-refractivity contribution in [2.75, 3.05) is 31.1 Å². The number of carbonyl (C=O) groups is 1. The van der Waals surface area contributed by atoms with Gasteiger partial charge in [0.2, 0.25) is 5.91 Å². The molecule has 150 valence electrons. The number of piperazine rings is 1. The van der Waals surface area contributed by atoms with Gasteiger partial charge < -0.3 is 14.3 Å². The molecule has 0 atom stereocenters. The molecule has 0 saturated carbocycles. The van der Waals surface area contributed by atoms with Crippen LogP contribution >= 0.6 is 0 Å². The highest BCUT2D eigenvalue weighted by Gasteiger charge is 2.22. The number of rotatable bonds is 5. The first-order valence-electron chi connectivity index (χ1n) is 9.89. The number of aromatic nitrogens is 1. The third kappa shape index (κ3) is 4.47. The Morgan fingerprint density at radius 2 is 1.72 bits per heavy atom. The van der Waals surface area contributed by atoms with Gasteiger partial charge in [0.25, 0.3) is 0 Å². The lowest BCUT2D eigenvalue weighted by atomic mass is 10.0. The van der Waals surface area contributed by atoms with Gasteiger partial charge in [-0.3, -0.25) is 4.79 Å². The van der Waals surface area contributed by atoms with Gasteiger partial charge in [0.15, 0.2) is 0 Å². The van der Waals surface area contributed by atoms with Crippen molar-refractivity contribution >= 4 is 11.6 Å². The molecule has 4 rings (SSSR count). The summed E-state index contributed by atoms with van der Waals surface area (Å²) in [5, 5.41) is 4.12. The molecule has 2 aromatic carbocycles. The number of anilines is 1. The van der Waals surface area contributed by atoms with Crippen LogP contribution in [0.3, 0.4) is 0 Å². The SMILES string of the molecule is Cc1ccc(-c2nocc2CCC(=O)N2CCN(c3ccc(F)cc3)CC2)cc1. The van der Waals surface area contributed by atoms with E-state index in [0.29, 0.717) is 25.9 Å². The lowest BCUT2D eigenvalue weighted by Gasteiger charge is -2.36. The summed E-state index contributed by atoms with van der Waals surface area (Å²) in [6.07, 6.45) is 2.66. The highest BCUT2D eigenvalue weighted by molar-refractivity contribution is 5.77. The van der Waals surface area contributed by atoms with Gasteiger partial charge in [-0.2, -0.15) is 0 Å². The van der Waals surface area contributed by atoms with E-state index >= 15 is 0 Å². The maximum absolute atomic E-state index is 13.1. The molecule has 1 saturated heterocycles. The minimum Gasteiger partial charge on any atom is -0.368 e. The van der Waals surface area contributed by atoms with Crippen molar-refractivity contribution in [2.24, 2.45) is 0 Å². The second kappa shape index (κ2) is 8.47. The van der Waals surface area contributed by atoms with E-state index in [9.17, 15) is 9.18 Å². The molecule has 0 radical (unpaired) electrons. The zero-order chi connectivity index (χ0) is 20.2. The first kappa shape index (κ1) is 19.2. The number of carbonyl (C=O) groups excluding carboxylic acids is 1. The van der Waals surface area contributed by atoms with Crippen LogP contribution in [0, 0.1) is 12.7 Å². The van der Waals surface area contributed by atoms with Gasteiger partial charge in [0, 0.05) is 49.4 Å². The topological polar surface area (TPSA) is 49.6 Å². The molecule has 0 unspecified atom stereocenters. The molecule has 6 heteroatoms. The number of hydrogen-bond donors (Lipinski definition) is 0. The van der Waals surface area contributed by atoms with Gasteiger partial charge in [-0.1, -0.05) is 35.0 Å². The number of hydrogen-bond acceptors (Lipinski definition) is 4. The molecule has 0 aliphatic carbocycles. The molecular weight excluding hydrogens is 369 g/mol. The molecule has 0 bridgehead atoms. The Labute approximate surface area is 169 Å². The van der Waals surface area contributed by atoms with Crippen LogP contribution in [-0.4, -0.2) is 42.1 Å². The standard InChI is InChI=1S/C23H24FN3O2/c1-17-2-4-18(5-3-17)23-19(16-29-25-23)6-11-22(28)27-14-12-26(13-15-27)21-9-7-20(24)8-10-21/h2-5,7-10,16H,6,11-15H2,1H3. The molecule has 1 aliphatic rings. The highest BCUT2D eigenvalue weighted by atomic mass is 19.1. The molecule has 2 heterocycles. The molecule has 3 aromatic rings. The summed E-state index contributed by atoms with van der Waals surface area (Å²) in [6, 6.07) is 14.6. The first-order valence-corrected chi connectivity index (χ1v) is 9.89. The largest absolute Gasteiger partial charge is 0.368 e. The Balaban J connectivity index is 1.32. The van der Waals surface area contributed by atoms with E-state index in [-0.39, 0.29) is 11.7 Å². The van der Waals surface area contributed by atoms with Crippen LogP contribution in [-0.2, 0) is 11.2 Å². The quantitative estimate of drug-likeness (QED) is 0.656. The van der Waals surface area contributed by atoms with E-state index in [0.717, 1.165) is 35.6 Å². The summed E-state index contributed by atoms with van der Waals surface area (Å²) < 4.78 is 18.3. The Hall–Kier alpha value is -3.15. The fourth-order valence-corrected chi connectivity index (χ4v) is 3.65. The van der Waals surface area contributed by atoms with Crippen LogP contribution in [0.1, 0.15) is 17.5 Å². The van der Waals surface area contributed by atoms with Crippen molar-refractivity contribution in [3.8, 4) is 11.3 Å². The summed E-state index contributed by atoms with van der Waals surface area (Å²) >= 11 is 0. The fourth-order valence-electron chi connectivity index (χ4n) is 3.65. The molecule has 1 aromatic heterocycles. The van der Waals surface area contributed by atoms with E-state index in [1.165, 1.54) is 17.7 Å². The van der Waals surface area contributed by atoms with E-state index in [4.69, 9.17) is 4.52 Å². The number of benzene rings is 2. The zero-order valence-corrected chi connectivity index (χ0v) is 16.5. The van der Waals surface area contributed by atoms with Gasteiger partial charge >= 0.3 is 0 Å². The van der Waals surface area contributed by atoms with Crippen molar-refractivity contribution in [3.63, 3.8) is 0 Å². The number of nitrogens with zero attached hydrogens (tertiary/aromatic N) is 3. The normalized spacial score (nSPS) is 14.3. The molecule has 1 amide bonds. The average molecular weight is 393 g/mol. The van der Waals surface area contributed by atoms with Gasteiger partial charge in [0.1, 0.15) is 17.8 Å². The molecule has 1 fully saturated rings. The summed E-state index contributed by atoms with van der Waals surface area (Å²) in [6.45, 7) is 4.88. The van der Waals surface area contributed by atoms with Crippen molar-refractivity contribution in [1.82, 2.24) is 10.1 Å². The maximum atomic E-state index is 13.1. The summed E-state index contributed by atoms with van der Waals surface area (Å²) in [7, 11) is 0. The first-order chi connectivity index (χ1) is 14.1. The fraction of sp³-hybridized carbons (Fsp3) is 0.304. The van der Waals surface area contributed by atoms with Crippen LogP contribution in [0.15, 0.2) is 59.3 Å². The lowest BCUT2D eigenvalue weighted by molar-refractivity contribution is -0.131. The molecule has 0 spiro atoms. The van der Waals surface area contributed by atoms with Crippen molar-refractivity contribution in [1.29, 1.82) is 0 Å². The number of halogens is 1. The predicted octanol–water partition coefficient (Wildman–Crippen LogP) is 4.07. The van der Waals surface area contributed by atoms with Gasteiger partial charge in [-0.05, 0) is 37.6 Å². The van der Waals surface area contributed by atoms with Crippen LogP contribution in [0.4, 0.5) is 10.1 Å². The number of amides is 1. The summed E-state index contributed by atoms with van der Waals surface area (Å²) in [4.78, 5) is 16.8. The monoisotopic (exact) mass is 393 g/mol. The third-order valence-corrected chi connectivity index (χ3v) is 5.40. The van der Waals surface area contributed by atoms with Crippen LogP contribution in [0.2, 0.25) is 0 Å². The Morgan fingerprint density at radius 3 is 2.41 bits per heavy atom. The smallest absolute Gasteiger partial charge is 0.223 e. The second-order valence-corrected chi connectivity index (χ2v) is 7.40. The molecular formula is C23H24FN3O2. The minimum atomic E-state index is -0.235. The average Bonchev–Trinajstić information content (AvgIpc) is 3.22. The lowest BCUT2D eigenvalue weighted by Crippen LogP contribution is -2.48. The predicted molar refractivity (Wildman–Crippen MR) is 110 cm³/mol. The zero-order valence-electron chi connectivity index (χ0n) is 16.5. The third-order valence-electron chi connectivity index (χ3n) is 5.40. The minimum absolute atomic E-state index is 0.139. The van der Waals surface area contributed by atoms with Crippen LogP contribution in [0.25, 0.3) is 11.3 Å². The van der Waals surface area contributed by atoms with Crippen LogP contribution < -0.4 is 4.90 Å². The van der Waals surface area contributed by atoms with E-state index < -0.39 is 0 Å². The Bertz CT molecular complexity index is 959. The molecule has 0 N–H and O–H groups in total. The highest BCUT2D eigenvalue weighted by Crippen LogP contribution is 2.24. The second-order valence-electron chi connectivity index (χ2n) is 7.40. The summed E-state index contributed by atoms with van der Waals surface area (Å²) in [5.41, 5.74) is 4.94. The molecule has 29 heavy (non-hydrogen) atoms.